The second-order valence-electron chi connectivity index (χ2n) is 4.27. The molecule has 0 aliphatic carbocycles. The Kier molecular flexibility index (Phi) is 2.56. The molecule has 1 N–H and O–H groups in total. The zero-order valence-corrected chi connectivity index (χ0v) is 9.76. The fraction of sp³-hybridized carbons (Fsp3) is 0.455. The Bertz CT molecular complexity index is 479. The van der Waals surface area contributed by atoms with Crippen LogP contribution in [0.25, 0.3) is 0 Å². The maximum atomic E-state index is 11.8. The molecule has 1 unspecified atom stereocenters. The van der Waals surface area contributed by atoms with Crippen molar-refractivity contribution >= 4 is 10.0 Å². The van der Waals surface area contributed by atoms with Gasteiger partial charge in [0.05, 0.1) is 4.90 Å². The highest BCUT2D eigenvalue weighted by Crippen LogP contribution is 2.23. The van der Waals surface area contributed by atoms with Crippen LogP contribution in [0.2, 0.25) is 0 Å². The Morgan fingerprint density at radius 1 is 1.40 bits per heavy atom. The molecule has 0 spiro atoms. The quantitative estimate of drug-likeness (QED) is 0.726. The number of benzene rings is 1. The van der Waals surface area contributed by atoms with Gasteiger partial charge in [0.2, 0.25) is 10.0 Å². The Balaban J connectivity index is 2.61. The van der Waals surface area contributed by atoms with Gasteiger partial charge in [0.15, 0.2) is 0 Å². The molecule has 1 aliphatic rings. The summed E-state index contributed by atoms with van der Waals surface area (Å²) in [6, 6.07) is 5.51. The second kappa shape index (κ2) is 3.61. The van der Waals surface area contributed by atoms with Crippen LogP contribution in [-0.4, -0.2) is 15.0 Å². The Hall–Kier alpha value is -0.870. The standard InChI is InChI=1S/C11H15NO2S/c1-8-3-4-11-10(5-8)6-9(2)7-12-15(11,13)14/h3-5,9,12H,6-7H2,1-2H3. The lowest BCUT2D eigenvalue weighted by atomic mass is 10.00. The summed E-state index contributed by atoms with van der Waals surface area (Å²) >= 11 is 0. The molecule has 0 bridgehead atoms. The van der Waals surface area contributed by atoms with Gasteiger partial charge < -0.3 is 0 Å². The van der Waals surface area contributed by atoms with Gasteiger partial charge in [-0.1, -0.05) is 24.6 Å². The molecule has 0 radical (unpaired) electrons. The van der Waals surface area contributed by atoms with Crippen molar-refractivity contribution in [3.05, 3.63) is 29.3 Å². The SMILES string of the molecule is Cc1ccc2c(c1)CC(C)CNS2(=O)=O. The fourth-order valence-electron chi connectivity index (χ4n) is 1.91. The molecule has 3 nitrogen and oxygen atoms in total. The van der Waals surface area contributed by atoms with E-state index in [4.69, 9.17) is 0 Å². The summed E-state index contributed by atoms with van der Waals surface area (Å²) in [5, 5.41) is 0. The fourth-order valence-corrected chi connectivity index (χ4v) is 3.30. The van der Waals surface area contributed by atoms with E-state index in [0.29, 0.717) is 17.4 Å². The lowest BCUT2D eigenvalue weighted by molar-refractivity contribution is 0.552. The zero-order valence-electron chi connectivity index (χ0n) is 8.95. The van der Waals surface area contributed by atoms with Gasteiger partial charge in [-0.25, -0.2) is 13.1 Å². The average molecular weight is 225 g/mol. The summed E-state index contributed by atoms with van der Waals surface area (Å²) in [6.07, 6.45) is 0.823. The van der Waals surface area contributed by atoms with E-state index in [9.17, 15) is 8.42 Å². The van der Waals surface area contributed by atoms with Crippen LogP contribution < -0.4 is 4.72 Å². The summed E-state index contributed by atoms with van der Waals surface area (Å²) in [5.74, 6) is 0.350. The van der Waals surface area contributed by atoms with Crippen molar-refractivity contribution in [1.82, 2.24) is 4.72 Å². The average Bonchev–Trinajstić information content (AvgIpc) is 2.24. The highest BCUT2D eigenvalue weighted by Gasteiger charge is 2.23. The van der Waals surface area contributed by atoms with Crippen molar-refractivity contribution in [2.45, 2.75) is 25.2 Å². The third-order valence-electron chi connectivity index (χ3n) is 2.70. The molecule has 82 valence electrons. The molecular formula is C11H15NO2S. The third kappa shape index (κ3) is 2.06. The first-order chi connectivity index (χ1) is 6.99. The van der Waals surface area contributed by atoms with Gasteiger partial charge in [-0.2, -0.15) is 0 Å². The highest BCUT2D eigenvalue weighted by atomic mass is 32.2. The molecule has 1 aromatic carbocycles. The van der Waals surface area contributed by atoms with Gasteiger partial charge in [0.25, 0.3) is 0 Å². The zero-order chi connectivity index (χ0) is 11.1. The highest BCUT2D eigenvalue weighted by molar-refractivity contribution is 7.89. The first-order valence-corrected chi connectivity index (χ1v) is 6.56. The van der Waals surface area contributed by atoms with Crippen molar-refractivity contribution in [2.24, 2.45) is 5.92 Å². The maximum absolute atomic E-state index is 11.8. The molecule has 0 saturated carbocycles. The Morgan fingerprint density at radius 2 is 2.13 bits per heavy atom. The third-order valence-corrected chi connectivity index (χ3v) is 4.22. The van der Waals surface area contributed by atoms with Gasteiger partial charge in [0.1, 0.15) is 0 Å². The van der Waals surface area contributed by atoms with Gasteiger partial charge in [-0.15, -0.1) is 0 Å². The maximum Gasteiger partial charge on any atom is 0.240 e. The first-order valence-electron chi connectivity index (χ1n) is 5.08. The second-order valence-corrected chi connectivity index (χ2v) is 6.01. The molecule has 0 amide bonds. The predicted molar refractivity (Wildman–Crippen MR) is 59.2 cm³/mol. The molecule has 1 aliphatic heterocycles. The minimum Gasteiger partial charge on any atom is -0.211 e. The van der Waals surface area contributed by atoms with E-state index in [-0.39, 0.29) is 0 Å². The molecular weight excluding hydrogens is 210 g/mol. The number of rotatable bonds is 0. The van der Waals surface area contributed by atoms with Gasteiger partial charge in [0, 0.05) is 6.54 Å². The van der Waals surface area contributed by atoms with Crippen LogP contribution in [0.15, 0.2) is 23.1 Å². The van der Waals surface area contributed by atoms with Gasteiger partial charge >= 0.3 is 0 Å². The smallest absolute Gasteiger partial charge is 0.211 e. The van der Waals surface area contributed by atoms with Crippen molar-refractivity contribution in [3.8, 4) is 0 Å². The first kappa shape index (κ1) is 10.6. The van der Waals surface area contributed by atoms with Crippen LogP contribution in [0.3, 0.4) is 0 Å². The van der Waals surface area contributed by atoms with Gasteiger partial charge in [-0.3, -0.25) is 0 Å². The predicted octanol–water partition coefficient (Wildman–Crippen LogP) is 1.47. The summed E-state index contributed by atoms with van der Waals surface area (Å²) in [4.78, 5) is 0.442. The van der Waals surface area contributed by atoms with Crippen LogP contribution >= 0.6 is 0 Å². The van der Waals surface area contributed by atoms with E-state index in [1.54, 1.807) is 6.07 Å². The molecule has 1 aromatic rings. The van der Waals surface area contributed by atoms with E-state index in [0.717, 1.165) is 17.5 Å². The van der Waals surface area contributed by atoms with E-state index in [1.165, 1.54) is 0 Å². The van der Waals surface area contributed by atoms with Crippen LogP contribution in [0, 0.1) is 12.8 Å². The van der Waals surface area contributed by atoms with E-state index in [1.807, 2.05) is 19.1 Å². The molecule has 0 aromatic heterocycles. The molecule has 0 fully saturated rings. The molecule has 0 saturated heterocycles. The number of hydrogen-bond acceptors (Lipinski definition) is 2. The monoisotopic (exact) mass is 225 g/mol. The summed E-state index contributed by atoms with van der Waals surface area (Å²) < 4.78 is 26.3. The number of aryl methyl sites for hydroxylation is 1. The molecule has 4 heteroatoms. The molecule has 1 heterocycles. The molecule has 1 atom stereocenters. The van der Waals surface area contributed by atoms with Crippen LogP contribution in [0.5, 0.6) is 0 Å². The number of hydrogen-bond donors (Lipinski definition) is 1. The van der Waals surface area contributed by atoms with Crippen molar-refractivity contribution in [3.63, 3.8) is 0 Å². The molecule has 2 rings (SSSR count). The van der Waals surface area contributed by atoms with E-state index < -0.39 is 10.0 Å². The van der Waals surface area contributed by atoms with Crippen molar-refractivity contribution < 1.29 is 8.42 Å². The Morgan fingerprint density at radius 3 is 2.87 bits per heavy atom. The van der Waals surface area contributed by atoms with Crippen LogP contribution in [-0.2, 0) is 16.4 Å². The number of fused-ring (bicyclic) bond motifs is 1. The number of sulfonamides is 1. The number of nitrogens with one attached hydrogen (secondary N) is 1. The van der Waals surface area contributed by atoms with E-state index in [2.05, 4.69) is 11.6 Å². The van der Waals surface area contributed by atoms with Crippen molar-refractivity contribution in [1.29, 1.82) is 0 Å². The lowest BCUT2D eigenvalue weighted by Gasteiger charge is -2.07. The van der Waals surface area contributed by atoms with Crippen LogP contribution in [0.1, 0.15) is 18.1 Å². The van der Waals surface area contributed by atoms with Crippen molar-refractivity contribution in [2.75, 3.05) is 6.54 Å². The minimum absolute atomic E-state index is 0.350. The Labute approximate surface area is 90.6 Å². The molecule has 15 heavy (non-hydrogen) atoms. The van der Waals surface area contributed by atoms with Crippen LogP contribution in [0.4, 0.5) is 0 Å². The topological polar surface area (TPSA) is 46.2 Å². The van der Waals surface area contributed by atoms with Gasteiger partial charge in [-0.05, 0) is 30.9 Å². The minimum atomic E-state index is -3.28. The van der Waals surface area contributed by atoms with E-state index >= 15 is 0 Å². The summed E-state index contributed by atoms with van der Waals surface area (Å²) in [7, 11) is -3.28. The normalized spacial score (nSPS) is 24.3. The summed E-state index contributed by atoms with van der Waals surface area (Å²) in [5.41, 5.74) is 2.05. The summed E-state index contributed by atoms with van der Waals surface area (Å²) in [6.45, 7) is 4.56. The largest absolute Gasteiger partial charge is 0.240 e. The lowest BCUT2D eigenvalue weighted by Crippen LogP contribution is -2.26.